The molecule has 2 rings (SSSR count). The van der Waals surface area contributed by atoms with Gasteiger partial charge in [0, 0.05) is 10.7 Å². The van der Waals surface area contributed by atoms with E-state index in [2.05, 4.69) is 26.2 Å². The minimum atomic E-state index is -0.585. The number of H-pyrrole nitrogens is 1. The van der Waals surface area contributed by atoms with E-state index in [1.165, 1.54) is 0 Å². The van der Waals surface area contributed by atoms with Crippen molar-refractivity contribution in [2.75, 3.05) is 5.32 Å². The van der Waals surface area contributed by atoms with Crippen LogP contribution < -0.4 is 11.1 Å². The molecule has 0 saturated carbocycles. The summed E-state index contributed by atoms with van der Waals surface area (Å²) in [6.07, 6.45) is 1.65. The molecule has 6 heteroatoms. The molecule has 0 fully saturated rings. The van der Waals surface area contributed by atoms with Crippen LogP contribution in [0.2, 0.25) is 0 Å². The lowest BCUT2D eigenvalue weighted by atomic mass is 10.1. The van der Waals surface area contributed by atoms with Crippen LogP contribution in [-0.4, -0.2) is 16.8 Å². The molecule has 0 atom stereocenters. The quantitative estimate of drug-likeness (QED) is 0.811. The molecule has 4 N–H and O–H groups in total. The normalized spacial score (nSPS) is 10.1. The fourth-order valence-corrected chi connectivity index (χ4v) is 1.84. The zero-order chi connectivity index (χ0) is 13.1. The van der Waals surface area contributed by atoms with E-state index in [0.717, 1.165) is 4.47 Å². The fourth-order valence-electron chi connectivity index (χ4n) is 1.50. The first-order valence-corrected chi connectivity index (χ1v) is 5.91. The van der Waals surface area contributed by atoms with Gasteiger partial charge in [0.2, 0.25) is 0 Å². The number of primary amides is 1. The van der Waals surface area contributed by atoms with Crippen LogP contribution in [0.15, 0.2) is 41.0 Å². The molecule has 5 nitrogen and oxygen atoms in total. The average Bonchev–Trinajstić information content (AvgIpc) is 2.76. The number of nitrogens with one attached hydrogen (secondary N) is 2. The van der Waals surface area contributed by atoms with Crippen LogP contribution in [0, 0.1) is 0 Å². The molecule has 0 bridgehead atoms. The molecule has 2 amide bonds. The Kier molecular flexibility index (Phi) is 3.47. The molecule has 1 aromatic heterocycles. The summed E-state index contributed by atoms with van der Waals surface area (Å²) in [5, 5.41) is 2.63. The number of benzene rings is 1. The third kappa shape index (κ3) is 2.60. The Hall–Kier alpha value is -2.08. The van der Waals surface area contributed by atoms with Crippen LogP contribution >= 0.6 is 15.9 Å². The SMILES string of the molecule is NC(=O)c1ccccc1NC(=O)c1cc(Br)c[nH]1. The lowest BCUT2D eigenvalue weighted by Crippen LogP contribution is -2.18. The molecule has 18 heavy (non-hydrogen) atoms. The topological polar surface area (TPSA) is 88.0 Å². The van der Waals surface area contributed by atoms with Crippen molar-refractivity contribution < 1.29 is 9.59 Å². The molecule has 0 radical (unpaired) electrons. The summed E-state index contributed by atoms with van der Waals surface area (Å²) < 4.78 is 0.774. The number of hydrogen-bond donors (Lipinski definition) is 3. The van der Waals surface area contributed by atoms with E-state index in [-0.39, 0.29) is 11.5 Å². The maximum Gasteiger partial charge on any atom is 0.272 e. The first kappa shape index (κ1) is 12.4. The van der Waals surface area contributed by atoms with Crippen molar-refractivity contribution in [3.05, 3.63) is 52.3 Å². The minimum Gasteiger partial charge on any atom is -0.366 e. The third-order valence-electron chi connectivity index (χ3n) is 2.33. The van der Waals surface area contributed by atoms with Crippen molar-refractivity contribution in [2.45, 2.75) is 0 Å². The van der Waals surface area contributed by atoms with Gasteiger partial charge in [0.1, 0.15) is 5.69 Å². The predicted octanol–water partition coefficient (Wildman–Crippen LogP) is 2.13. The van der Waals surface area contributed by atoms with Crippen molar-refractivity contribution >= 4 is 33.4 Å². The highest BCUT2D eigenvalue weighted by atomic mass is 79.9. The minimum absolute atomic E-state index is 0.275. The molecule has 0 spiro atoms. The Morgan fingerprint density at radius 1 is 1.28 bits per heavy atom. The number of amides is 2. The van der Waals surface area contributed by atoms with Gasteiger partial charge in [-0.15, -0.1) is 0 Å². The molecule has 0 aliphatic carbocycles. The Balaban J connectivity index is 2.24. The monoisotopic (exact) mass is 307 g/mol. The van der Waals surface area contributed by atoms with Crippen molar-refractivity contribution in [2.24, 2.45) is 5.73 Å². The van der Waals surface area contributed by atoms with Crippen LogP contribution in [0.3, 0.4) is 0 Å². The third-order valence-corrected chi connectivity index (χ3v) is 2.79. The molecule has 2 aromatic rings. The number of rotatable bonds is 3. The van der Waals surface area contributed by atoms with Crippen molar-refractivity contribution in [3.63, 3.8) is 0 Å². The zero-order valence-corrected chi connectivity index (χ0v) is 10.8. The fraction of sp³-hybridized carbons (Fsp3) is 0. The molecule has 92 valence electrons. The van der Waals surface area contributed by atoms with Gasteiger partial charge in [0.25, 0.3) is 11.8 Å². The molecule has 1 heterocycles. The first-order chi connectivity index (χ1) is 8.58. The average molecular weight is 308 g/mol. The Morgan fingerprint density at radius 3 is 2.61 bits per heavy atom. The number of halogens is 1. The number of carbonyl (C=O) groups excluding carboxylic acids is 2. The number of para-hydroxylation sites is 1. The van der Waals surface area contributed by atoms with Gasteiger partial charge in [-0.2, -0.15) is 0 Å². The van der Waals surface area contributed by atoms with Crippen LogP contribution in [-0.2, 0) is 0 Å². The van der Waals surface area contributed by atoms with Crippen molar-refractivity contribution in [3.8, 4) is 0 Å². The van der Waals surface area contributed by atoms with Gasteiger partial charge < -0.3 is 16.0 Å². The van der Waals surface area contributed by atoms with E-state index < -0.39 is 5.91 Å². The summed E-state index contributed by atoms with van der Waals surface area (Å²) in [6.45, 7) is 0. The molecule has 0 unspecified atom stereocenters. The number of nitrogens with two attached hydrogens (primary N) is 1. The number of aromatic amines is 1. The maximum atomic E-state index is 11.9. The molecular formula is C12H10BrN3O2. The van der Waals surface area contributed by atoms with Gasteiger partial charge in [-0.3, -0.25) is 9.59 Å². The Morgan fingerprint density at radius 2 is 2.00 bits per heavy atom. The van der Waals surface area contributed by atoms with E-state index in [0.29, 0.717) is 11.4 Å². The number of anilines is 1. The second-order valence-electron chi connectivity index (χ2n) is 3.60. The second kappa shape index (κ2) is 5.05. The van der Waals surface area contributed by atoms with Crippen LogP contribution in [0.5, 0.6) is 0 Å². The highest BCUT2D eigenvalue weighted by Gasteiger charge is 2.12. The summed E-state index contributed by atoms with van der Waals surface area (Å²) >= 11 is 3.24. The summed E-state index contributed by atoms with van der Waals surface area (Å²) in [6, 6.07) is 8.22. The molecule has 0 saturated heterocycles. The smallest absolute Gasteiger partial charge is 0.272 e. The Bertz CT molecular complexity index is 607. The van der Waals surface area contributed by atoms with Gasteiger partial charge in [0.05, 0.1) is 11.3 Å². The standard InChI is InChI=1S/C12H10BrN3O2/c13-7-5-10(15-6-7)12(18)16-9-4-2-1-3-8(9)11(14)17/h1-6,15H,(H2,14,17)(H,16,18). The van der Waals surface area contributed by atoms with E-state index in [1.54, 1.807) is 36.5 Å². The molecule has 1 aromatic carbocycles. The van der Waals surface area contributed by atoms with E-state index in [9.17, 15) is 9.59 Å². The van der Waals surface area contributed by atoms with Gasteiger partial charge in [0.15, 0.2) is 0 Å². The number of carbonyl (C=O) groups is 2. The molecular weight excluding hydrogens is 298 g/mol. The van der Waals surface area contributed by atoms with Crippen molar-refractivity contribution in [1.82, 2.24) is 4.98 Å². The first-order valence-electron chi connectivity index (χ1n) is 5.12. The van der Waals surface area contributed by atoms with Crippen LogP contribution in [0.4, 0.5) is 5.69 Å². The largest absolute Gasteiger partial charge is 0.366 e. The number of hydrogen-bond acceptors (Lipinski definition) is 2. The maximum absolute atomic E-state index is 11.9. The Labute approximate surface area is 112 Å². The van der Waals surface area contributed by atoms with Crippen LogP contribution in [0.1, 0.15) is 20.8 Å². The lowest BCUT2D eigenvalue weighted by Gasteiger charge is -2.07. The predicted molar refractivity (Wildman–Crippen MR) is 71.4 cm³/mol. The van der Waals surface area contributed by atoms with E-state index in [4.69, 9.17) is 5.73 Å². The summed E-state index contributed by atoms with van der Waals surface area (Å²) in [5.41, 5.74) is 6.28. The van der Waals surface area contributed by atoms with Crippen LogP contribution in [0.25, 0.3) is 0 Å². The highest BCUT2D eigenvalue weighted by Crippen LogP contribution is 2.16. The second-order valence-corrected chi connectivity index (χ2v) is 4.51. The lowest BCUT2D eigenvalue weighted by molar-refractivity contribution is 0.100. The molecule has 0 aliphatic heterocycles. The summed E-state index contributed by atoms with van der Waals surface area (Å²) in [7, 11) is 0. The van der Waals surface area contributed by atoms with Gasteiger partial charge >= 0.3 is 0 Å². The number of aromatic nitrogens is 1. The van der Waals surface area contributed by atoms with Crippen molar-refractivity contribution in [1.29, 1.82) is 0 Å². The summed E-state index contributed by atoms with van der Waals surface area (Å²) in [4.78, 5) is 25.9. The zero-order valence-electron chi connectivity index (χ0n) is 9.24. The van der Waals surface area contributed by atoms with Gasteiger partial charge in [-0.1, -0.05) is 12.1 Å². The van der Waals surface area contributed by atoms with Gasteiger partial charge in [-0.25, -0.2) is 0 Å². The summed E-state index contributed by atoms with van der Waals surface area (Å²) in [5.74, 6) is -0.923. The highest BCUT2D eigenvalue weighted by molar-refractivity contribution is 9.10. The molecule has 0 aliphatic rings. The van der Waals surface area contributed by atoms with Gasteiger partial charge in [-0.05, 0) is 34.1 Å². The van der Waals surface area contributed by atoms with E-state index in [1.807, 2.05) is 0 Å². The van der Waals surface area contributed by atoms with E-state index >= 15 is 0 Å².